The lowest BCUT2D eigenvalue weighted by atomic mass is 10.1. The predicted molar refractivity (Wildman–Crippen MR) is 119 cm³/mol. The Labute approximate surface area is 190 Å². The van der Waals surface area contributed by atoms with Crippen LogP contribution in [0.1, 0.15) is 32.9 Å². The SMILES string of the molecule is COC(=O)c1ccc(NC(=O)N2CCc3c(c(COCc4cccc(F)c4)nn3C)C2)cc1. The quantitative estimate of drug-likeness (QED) is 0.577. The van der Waals surface area contributed by atoms with E-state index in [1.165, 1.54) is 19.2 Å². The smallest absolute Gasteiger partial charge is 0.337 e. The first-order chi connectivity index (χ1) is 15.9. The van der Waals surface area contributed by atoms with Crippen molar-refractivity contribution in [2.45, 2.75) is 26.2 Å². The van der Waals surface area contributed by atoms with Crippen LogP contribution in [0, 0.1) is 5.82 Å². The van der Waals surface area contributed by atoms with E-state index in [9.17, 15) is 14.0 Å². The van der Waals surface area contributed by atoms with Crippen LogP contribution in [0.25, 0.3) is 0 Å². The summed E-state index contributed by atoms with van der Waals surface area (Å²) in [7, 11) is 3.20. The molecule has 0 spiro atoms. The summed E-state index contributed by atoms with van der Waals surface area (Å²) in [6, 6.07) is 12.6. The molecule has 0 saturated heterocycles. The maximum atomic E-state index is 13.4. The molecule has 0 unspecified atom stereocenters. The van der Waals surface area contributed by atoms with E-state index in [0.717, 1.165) is 22.5 Å². The number of methoxy groups -OCH3 is 1. The largest absolute Gasteiger partial charge is 0.465 e. The summed E-state index contributed by atoms with van der Waals surface area (Å²) < 4.78 is 25.6. The number of nitrogens with zero attached hydrogens (tertiary/aromatic N) is 3. The van der Waals surface area contributed by atoms with E-state index in [2.05, 4.69) is 15.2 Å². The Hall–Kier alpha value is -3.72. The fourth-order valence-electron chi connectivity index (χ4n) is 3.86. The van der Waals surface area contributed by atoms with Crippen molar-refractivity contribution in [1.82, 2.24) is 14.7 Å². The molecule has 2 amide bonds. The summed E-state index contributed by atoms with van der Waals surface area (Å²) in [5.74, 6) is -0.729. The van der Waals surface area contributed by atoms with Crippen LogP contribution in [-0.4, -0.2) is 40.3 Å². The first kappa shape index (κ1) is 22.5. The number of hydrogen-bond donors (Lipinski definition) is 1. The lowest BCUT2D eigenvalue weighted by Crippen LogP contribution is -2.39. The number of anilines is 1. The molecule has 2 heterocycles. The van der Waals surface area contributed by atoms with Gasteiger partial charge in [0, 0.05) is 37.0 Å². The molecular weight excluding hydrogens is 427 g/mol. The van der Waals surface area contributed by atoms with Crippen LogP contribution in [0.4, 0.5) is 14.9 Å². The average Bonchev–Trinajstić information content (AvgIpc) is 3.14. The number of aromatic nitrogens is 2. The topological polar surface area (TPSA) is 85.7 Å². The van der Waals surface area contributed by atoms with E-state index in [1.807, 2.05) is 11.7 Å². The summed E-state index contributed by atoms with van der Waals surface area (Å²) in [5.41, 5.74) is 4.56. The summed E-state index contributed by atoms with van der Waals surface area (Å²) in [6.07, 6.45) is 0.678. The molecule has 1 N–H and O–H groups in total. The molecule has 0 bridgehead atoms. The van der Waals surface area contributed by atoms with E-state index in [4.69, 9.17) is 4.74 Å². The van der Waals surface area contributed by atoms with Crippen molar-refractivity contribution in [2.24, 2.45) is 7.05 Å². The van der Waals surface area contributed by atoms with Gasteiger partial charge in [0.15, 0.2) is 0 Å². The number of benzene rings is 2. The molecule has 172 valence electrons. The molecule has 0 aliphatic carbocycles. The molecule has 0 radical (unpaired) electrons. The van der Waals surface area contributed by atoms with Crippen LogP contribution in [0.5, 0.6) is 0 Å². The van der Waals surface area contributed by atoms with Gasteiger partial charge < -0.3 is 19.7 Å². The van der Waals surface area contributed by atoms with Gasteiger partial charge in [0.2, 0.25) is 0 Å². The van der Waals surface area contributed by atoms with Gasteiger partial charge in [0.1, 0.15) is 5.82 Å². The fraction of sp³-hybridized carbons (Fsp3) is 0.292. The minimum atomic E-state index is -0.430. The number of urea groups is 1. The molecule has 0 atom stereocenters. The molecule has 1 aromatic heterocycles. The standard InChI is InChI=1S/C24H25FN4O4/c1-28-22-10-11-29(24(31)26-19-8-6-17(7-9-19)23(30)32-2)13-20(22)21(27-28)15-33-14-16-4-3-5-18(25)12-16/h3-9,12H,10-11,13-15H2,1-2H3,(H,26,31). The third-order valence-corrected chi connectivity index (χ3v) is 5.57. The Balaban J connectivity index is 1.38. The van der Waals surface area contributed by atoms with Crippen LogP contribution in [0.15, 0.2) is 48.5 Å². The van der Waals surface area contributed by atoms with Gasteiger partial charge in [-0.2, -0.15) is 5.10 Å². The van der Waals surface area contributed by atoms with Crippen LogP contribution in [0.3, 0.4) is 0 Å². The van der Waals surface area contributed by atoms with Crippen LogP contribution in [-0.2, 0) is 42.7 Å². The van der Waals surface area contributed by atoms with Crippen molar-refractivity contribution < 1.29 is 23.5 Å². The van der Waals surface area contributed by atoms with Crippen molar-refractivity contribution >= 4 is 17.7 Å². The number of rotatable bonds is 6. The number of hydrogen-bond acceptors (Lipinski definition) is 5. The van der Waals surface area contributed by atoms with Crippen molar-refractivity contribution in [2.75, 3.05) is 19.0 Å². The highest BCUT2D eigenvalue weighted by molar-refractivity contribution is 5.92. The lowest BCUT2D eigenvalue weighted by molar-refractivity contribution is 0.0600. The third kappa shape index (κ3) is 5.20. The van der Waals surface area contributed by atoms with Gasteiger partial charge in [-0.25, -0.2) is 14.0 Å². The molecule has 0 fully saturated rings. The number of ether oxygens (including phenoxy) is 2. The molecule has 1 aliphatic rings. The number of esters is 1. The summed E-state index contributed by atoms with van der Waals surface area (Å²) >= 11 is 0. The predicted octanol–water partition coefficient (Wildman–Crippen LogP) is 3.65. The zero-order valence-electron chi connectivity index (χ0n) is 18.5. The fourth-order valence-corrected chi connectivity index (χ4v) is 3.86. The first-order valence-electron chi connectivity index (χ1n) is 10.5. The molecule has 8 nitrogen and oxygen atoms in total. The highest BCUT2D eigenvalue weighted by Gasteiger charge is 2.26. The second-order valence-electron chi connectivity index (χ2n) is 7.79. The normalized spacial score (nSPS) is 12.9. The van der Waals surface area contributed by atoms with Gasteiger partial charge in [0.25, 0.3) is 0 Å². The summed E-state index contributed by atoms with van der Waals surface area (Å²) in [5, 5.41) is 7.43. The van der Waals surface area contributed by atoms with E-state index in [-0.39, 0.29) is 25.1 Å². The second kappa shape index (κ2) is 9.83. The minimum absolute atomic E-state index is 0.234. The Kier molecular flexibility index (Phi) is 6.69. The van der Waals surface area contributed by atoms with E-state index >= 15 is 0 Å². The molecule has 3 aromatic rings. The molecule has 4 rings (SSSR count). The molecule has 33 heavy (non-hydrogen) atoms. The highest BCUT2D eigenvalue weighted by Crippen LogP contribution is 2.24. The van der Waals surface area contributed by atoms with E-state index in [0.29, 0.717) is 30.8 Å². The average molecular weight is 452 g/mol. The number of nitrogens with one attached hydrogen (secondary N) is 1. The van der Waals surface area contributed by atoms with Crippen molar-refractivity contribution in [3.63, 3.8) is 0 Å². The van der Waals surface area contributed by atoms with Crippen molar-refractivity contribution in [3.8, 4) is 0 Å². The number of aryl methyl sites for hydroxylation is 1. The Bertz CT molecular complexity index is 1160. The highest BCUT2D eigenvalue weighted by atomic mass is 19.1. The van der Waals surface area contributed by atoms with Crippen LogP contribution in [0.2, 0.25) is 0 Å². The van der Waals surface area contributed by atoms with Gasteiger partial charge in [0.05, 0.1) is 38.1 Å². The van der Waals surface area contributed by atoms with Crippen molar-refractivity contribution in [3.05, 3.63) is 82.4 Å². The van der Waals surface area contributed by atoms with E-state index < -0.39 is 5.97 Å². The zero-order chi connectivity index (χ0) is 23.4. The van der Waals surface area contributed by atoms with Gasteiger partial charge in [-0.3, -0.25) is 4.68 Å². The molecule has 2 aromatic carbocycles. The Morgan fingerprint density at radius 1 is 1.15 bits per heavy atom. The molecule has 0 saturated carbocycles. The number of carbonyl (C=O) groups excluding carboxylic acids is 2. The maximum absolute atomic E-state index is 13.4. The second-order valence-corrected chi connectivity index (χ2v) is 7.79. The number of amides is 2. The van der Waals surface area contributed by atoms with Crippen molar-refractivity contribution in [1.29, 1.82) is 0 Å². The van der Waals surface area contributed by atoms with Crippen LogP contribution < -0.4 is 5.32 Å². The first-order valence-corrected chi connectivity index (χ1v) is 10.5. The van der Waals surface area contributed by atoms with Gasteiger partial charge in [-0.15, -0.1) is 0 Å². The van der Waals surface area contributed by atoms with Gasteiger partial charge in [-0.1, -0.05) is 12.1 Å². The maximum Gasteiger partial charge on any atom is 0.337 e. The van der Waals surface area contributed by atoms with E-state index in [1.54, 1.807) is 41.3 Å². The molecule has 9 heteroatoms. The van der Waals surface area contributed by atoms with Gasteiger partial charge >= 0.3 is 12.0 Å². The summed E-state index contributed by atoms with van der Waals surface area (Å²) in [4.78, 5) is 26.1. The molecular formula is C24H25FN4O4. The Morgan fingerprint density at radius 3 is 2.67 bits per heavy atom. The third-order valence-electron chi connectivity index (χ3n) is 5.57. The number of halogens is 1. The monoisotopic (exact) mass is 452 g/mol. The summed E-state index contributed by atoms with van der Waals surface area (Å²) in [6.45, 7) is 1.51. The lowest BCUT2D eigenvalue weighted by Gasteiger charge is -2.28. The number of fused-ring (bicyclic) bond motifs is 1. The number of carbonyl (C=O) groups is 2. The molecule has 1 aliphatic heterocycles. The zero-order valence-corrected chi connectivity index (χ0v) is 18.5. The Morgan fingerprint density at radius 2 is 1.94 bits per heavy atom. The van der Waals surface area contributed by atoms with Gasteiger partial charge in [-0.05, 0) is 42.0 Å². The minimum Gasteiger partial charge on any atom is -0.465 e. The van der Waals surface area contributed by atoms with Crippen LogP contribution >= 0.6 is 0 Å².